The summed E-state index contributed by atoms with van der Waals surface area (Å²) in [5, 5.41) is 0. The highest BCUT2D eigenvalue weighted by atomic mass is 32.2. The summed E-state index contributed by atoms with van der Waals surface area (Å²) in [6.45, 7) is 7.56. The van der Waals surface area contributed by atoms with Crippen molar-refractivity contribution in [3.8, 4) is 5.75 Å². The smallest absolute Gasteiger partial charge is 0.338 e. The second-order valence-corrected chi connectivity index (χ2v) is 9.46. The Balaban J connectivity index is 1.98. The summed E-state index contributed by atoms with van der Waals surface area (Å²) in [5.41, 5.74) is 2.21. The van der Waals surface area contributed by atoms with Crippen molar-refractivity contribution in [2.45, 2.75) is 50.7 Å². The Bertz CT molecular complexity index is 1030. The summed E-state index contributed by atoms with van der Waals surface area (Å²) in [6, 6.07) is 9.75. The molecule has 2 aromatic rings. The van der Waals surface area contributed by atoms with Gasteiger partial charge in [0.05, 0.1) is 23.6 Å². The number of fused-ring (bicyclic) bond motifs is 1. The van der Waals surface area contributed by atoms with Crippen LogP contribution in [0.1, 0.15) is 53.4 Å². The van der Waals surface area contributed by atoms with E-state index in [1.807, 2.05) is 39.0 Å². The molecule has 150 valence electrons. The molecule has 0 amide bonds. The van der Waals surface area contributed by atoms with Gasteiger partial charge in [0.2, 0.25) is 10.0 Å². The highest BCUT2D eigenvalue weighted by molar-refractivity contribution is 7.89. The largest absolute Gasteiger partial charge is 0.487 e. The molecule has 2 aromatic carbocycles. The fourth-order valence-electron chi connectivity index (χ4n) is 3.42. The van der Waals surface area contributed by atoms with E-state index in [1.54, 1.807) is 13.0 Å². The lowest BCUT2D eigenvalue weighted by Gasteiger charge is -2.38. The molecule has 0 spiro atoms. The average Bonchev–Trinajstić information content (AvgIpc) is 2.59. The molecule has 0 fully saturated rings. The van der Waals surface area contributed by atoms with E-state index in [4.69, 9.17) is 9.47 Å². The monoisotopic (exact) mass is 403 g/mol. The van der Waals surface area contributed by atoms with Crippen molar-refractivity contribution >= 4 is 16.0 Å². The summed E-state index contributed by atoms with van der Waals surface area (Å²) in [5.74, 6) is 0.116. The SMILES string of the molecule is COC(=O)c1cc(S(=O)(=O)N[C@@H]2CC(C)(C)Oc3cc(C)ccc32)ccc1C. The van der Waals surface area contributed by atoms with Crippen molar-refractivity contribution in [3.05, 3.63) is 58.7 Å². The maximum atomic E-state index is 13.1. The molecule has 0 bridgehead atoms. The van der Waals surface area contributed by atoms with Crippen molar-refractivity contribution in [1.29, 1.82) is 0 Å². The molecule has 1 aliphatic rings. The van der Waals surface area contributed by atoms with Crippen LogP contribution in [0.25, 0.3) is 0 Å². The van der Waals surface area contributed by atoms with Gasteiger partial charge < -0.3 is 9.47 Å². The topological polar surface area (TPSA) is 81.7 Å². The Morgan fingerprint density at radius 2 is 1.89 bits per heavy atom. The quantitative estimate of drug-likeness (QED) is 0.788. The third-order valence-corrected chi connectivity index (χ3v) is 6.32. The number of esters is 1. The van der Waals surface area contributed by atoms with Gasteiger partial charge in [-0.05, 0) is 57.0 Å². The van der Waals surface area contributed by atoms with E-state index in [-0.39, 0.29) is 10.5 Å². The molecule has 1 N–H and O–H groups in total. The zero-order valence-corrected chi connectivity index (χ0v) is 17.5. The molecular formula is C21H25NO5S. The van der Waals surface area contributed by atoms with Crippen molar-refractivity contribution in [2.24, 2.45) is 0 Å². The lowest BCUT2D eigenvalue weighted by molar-refractivity contribution is 0.0599. The minimum atomic E-state index is -3.86. The number of rotatable bonds is 4. The van der Waals surface area contributed by atoms with Crippen molar-refractivity contribution in [2.75, 3.05) is 7.11 Å². The molecule has 7 heteroatoms. The predicted octanol–water partition coefficient (Wildman–Crippen LogP) is 3.67. The van der Waals surface area contributed by atoms with Gasteiger partial charge in [0.1, 0.15) is 11.4 Å². The van der Waals surface area contributed by atoms with Crippen molar-refractivity contribution in [1.82, 2.24) is 4.72 Å². The van der Waals surface area contributed by atoms with Gasteiger partial charge in [0, 0.05) is 12.0 Å². The molecule has 1 heterocycles. The number of nitrogens with one attached hydrogen (secondary N) is 1. The maximum absolute atomic E-state index is 13.1. The van der Waals surface area contributed by atoms with E-state index in [0.29, 0.717) is 17.7 Å². The van der Waals surface area contributed by atoms with E-state index >= 15 is 0 Å². The summed E-state index contributed by atoms with van der Waals surface area (Å²) >= 11 is 0. The normalized spacial score (nSPS) is 18.1. The first kappa shape index (κ1) is 20.4. The van der Waals surface area contributed by atoms with Crippen LogP contribution in [0.3, 0.4) is 0 Å². The lowest BCUT2D eigenvalue weighted by Crippen LogP contribution is -2.41. The molecule has 1 aliphatic heterocycles. The zero-order valence-electron chi connectivity index (χ0n) is 16.7. The van der Waals surface area contributed by atoms with Crippen LogP contribution >= 0.6 is 0 Å². The fourth-order valence-corrected chi connectivity index (χ4v) is 4.66. The van der Waals surface area contributed by atoms with Crippen LogP contribution in [-0.4, -0.2) is 27.1 Å². The van der Waals surface area contributed by atoms with Gasteiger partial charge in [-0.2, -0.15) is 0 Å². The molecule has 1 atom stereocenters. The number of benzene rings is 2. The van der Waals surface area contributed by atoms with Gasteiger partial charge in [-0.15, -0.1) is 0 Å². The number of carbonyl (C=O) groups excluding carboxylic acids is 1. The summed E-state index contributed by atoms with van der Waals surface area (Å²) in [6.07, 6.45) is 0.484. The van der Waals surface area contributed by atoms with E-state index in [9.17, 15) is 13.2 Å². The van der Waals surface area contributed by atoms with E-state index in [0.717, 1.165) is 11.1 Å². The van der Waals surface area contributed by atoms with Crippen LogP contribution in [0.15, 0.2) is 41.3 Å². The lowest BCUT2D eigenvalue weighted by atomic mass is 9.90. The van der Waals surface area contributed by atoms with Gasteiger partial charge in [-0.3, -0.25) is 0 Å². The Hall–Kier alpha value is -2.38. The van der Waals surface area contributed by atoms with Gasteiger partial charge in [-0.25, -0.2) is 17.9 Å². The molecule has 0 saturated carbocycles. The third kappa shape index (κ3) is 4.05. The van der Waals surface area contributed by atoms with E-state index < -0.39 is 27.6 Å². The van der Waals surface area contributed by atoms with Crippen molar-refractivity contribution in [3.63, 3.8) is 0 Å². The Kier molecular flexibility index (Phi) is 5.25. The van der Waals surface area contributed by atoms with Crippen LogP contribution in [0.2, 0.25) is 0 Å². The molecular weight excluding hydrogens is 378 g/mol. The van der Waals surface area contributed by atoms with E-state index in [1.165, 1.54) is 19.2 Å². The highest BCUT2D eigenvalue weighted by Crippen LogP contribution is 2.40. The third-order valence-electron chi connectivity index (χ3n) is 4.85. The molecule has 0 radical (unpaired) electrons. The van der Waals surface area contributed by atoms with Crippen LogP contribution in [-0.2, 0) is 14.8 Å². The first-order valence-electron chi connectivity index (χ1n) is 9.03. The molecule has 0 aromatic heterocycles. The van der Waals surface area contributed by atoms with Crippen molar-refractivity contribution < 1.29 is 22.7 Å². The van der Waals surface area contributed by atoms with Crippen LogP contribution < -0.4 is 9.46 Å². The number of carbonyl (C=O) groups is 1. The fraction of sp³-hybridized carbons (Fsp3) is 0.381. The standard InChI is InChI=1S/C21H25NO5S/c1-13-6-9-16-18(12-21(3,4)27-19(16)10-13)22-28(24,25)15-8-7-14(2)17(11-15)20(23)26-5/h6-11,18,22H,12H2,1-5H3/t18-/m1/s1. The number of methoxy groups -OCH3 is 1. The number of aryl methyl sites for hydroxylation is 2. The Labute approximate surface area is 165 Å². The maximum Gasteiger partial charge on any atom is 0.338 e. The van der Waals surface area contributed by atoms with Crippen LogP contribution in [0, 0.1) is 13.8 Å². The van der Waals surface area contributed by atoms with Crippen LogP contribution in [0.5, 0.6) is 5.75 Å². The van der Waals surface area contributed by atoms with E-state index in [2.05, 4.69) is 4.72 Å². The van der Waals surface area contributed by atoms with Gasteiger partial charge >= 0.3 is 5.97 Å². The predicted molar refractivity (Wildman–Crippen MR) is 106 cm³/mol. The second kappa shape index (κ2) is 7.22. The first-order chi connectivity index (χ1) is 13.0. The summed E-state index contributed by atoms with van der Waals surface area (Å²) in [4.78, 5) is 12.0. The molecule has 28 heavy (non-hydrogen) atoms. The zero-order chi connectivity index (χ0) is 20.7. The number of hydrogen-bond donors (Lipinski definition) is 1. The number of sulfonamides is 1. The first-order valence-corrected chi connectivity index (χ1v) is 10.5. The highest BCUT2D eigenvalue weighted by Gasteiger charge is 2.36. The average molecular weight is 404 g/mol. The van der Waals surface area contributed by atoms with Crippen LogP contribution in [0.4, 0.5) is 0 Å². The summed E-state index contributed by atoms with van der Waals surface area (Å²) in [7, 11) is -2.59. The van der Waals surface area contributed by atoms with Gasteiger partial charge in [0.15, 0.2) is 0 Å². The van der Waals surface area contributed by atoms with Gasteiger partial charge in [0.25, 0.3) is 0 Å². The Morgan fingerprint density at radius 1 is 1.18 bits per heavy atom. The molecule has 0 saturated heterocycles. The number of hydrogen-bond acceptors (Lipinski definition) is 5. The second-order valence-electron chi connectivity index (χ2n) is 7.75. The number of ether oxygens (including phenoxy) is 2. The molecule has 6 nitrogen and oxygen atoms in total. The molecule has 3 rings (SSSR count). The van der Waals surface area contributed by atoms with Gasteiger partial charge in [-0.1, -0.05) is 18.2 Å². The summed E-state index contributed by atoms with van der Waals surface area (Å²) < 4.78 is 39.7. The minimum absolute atomic E-state index is 0.0245. The molecule has 0 aliphatic carbocycles. The Morgan fingerprint density at radius 3 is 2.57 bits per heavy atom. The molecule has 0 unspecified atom stereocenters. The minimum Gasteiger partial charge on any atom is -0.487 e.